The van der Waals surface area contributed by atoms with Gasteiger partial charge < -0.3 is 5.73 Å². The van der Waals surface area contributed by atoms with Crippen LogP contribution in [0.2, 0.25) is 0 Å². The minimum atomic E-state index is -3.74. The molecule has 1 aliphatic heterocycles. The molecule has 7 nitrogen and oxygen atoms in total. The van der Waals surface area contributed by atoms with Gasteiger partial charge >= 0.3 is 0 Å². The van der Waals surface area contributed by atoms with E-state index in [2.05, 4.69) is 0 Å². The number of sulfonamides is 1. The molecule has 0 spiro atoms. The van der Waals surface area contributed by atoms with Crippen molar-refractivity contribution < 1.29 is 13.3 Å². The van der Waals surface area contributed by atoms with Gasteiger partial charge in [-0.15, -0.1) is 12.4 Å². The van der Waals surface area contributed by atoms with E-state index in [1.165, 1.54) is 16.4 Å². The average molecular weight is 376 g/mol. The van der Waals surface area contributed by atoms with Crippen LogP contribution in [0.25, 0.3) is 0 Å². The monoisotopic (exact) mass is 375 g/mol. The number of non-ortho nitro benzene ring substituents is 1. The lowest BCUT2D eigenvalue weighted by Crippen LogP contribution is -2.34. The third-order valence-electron chi connectivity index (χ3n) is 5.31. The number of hydrogen-bond donors (Lipinski definition) is 1. The molecular formula is C15H22ClN3O4S. The van der Waals surface area contributed by atoms with Gasteiger partial charge in [0, 0.05) is 31.3 Å². The van der Waals surface area contributed by atoms with E-state index in [9.17, 15) is 18.5 Å². The predicted molar refractivity (Wildman–Crippen MR) is 92.8 cm³/mol. The number of rotatable bonds is 3. The van der Waals surface area contributed by atoms with Gasteiger partial charge in [-0.1, -0.05) is 0 Å². The van der Waals surface area contributed by atoms with Crippen LogP contribution in [0.15, 0.2) is 17.0 Å². The van der Waals surface area contributed by atoms with Crippen molar-refractivity contribution in [1.29, 1.82) is 0 Å². The zero-order valence-electron chi connectivity index (χ0n) is 13.6. The van der Waals surface area contributed by atoms with E-state index in [1.807, 2.05) is 0 Å². The number of halogens is 1. The van der Waals surface area contributed by atoms with Crippen LogP contribution in [0.4, 0.5) is 5.69 Å². The molecule has 1 saturated carbocycles. The lowest BCUT2D eigenvalue weighted by atomic mass is 9.98. The van der Waals surface area contributed by atoms with Crippen LogP contribution in [0.5, 0.6) is 0 Å². The molecule has 1 aromatic carbocycles. The number of nitro groups is 1. The number of hydrogen-bond acceptors (Lipinski definition) is 5. The molecule has 2 fully saturated rings. The summed E-state index contributed by atoms with van der Waals surface area (Å²) < 4.78 is 27.4. The smallest absolute Gasteiger partial charge is 0.271 e. The SMILES string of the molecule is Cc1cc([N+](=O)[O-])cc(S(=O)(=O)N2CC3CCC(N)C3C2)c1C.Cl. The Labute approximate surface area is 147 Å². The van der Waals surface area contributed by atoms with Gasteiger partial charge in [0.05, 0.1) is 9.82 Å². The van der Waals surface area contributed by atoms with Crippen LogP contribution < -0.4 is 5.73 Å². The van der Waals surface area contributed by atoms with Crippen molar-refractivity contribution in [3.8, 4) is 0 Å². The Morgan fingerprint density at radius 2 is 1.92 bits per heavy atom. The lowest BCUT2D eigenvalue weighted by molar-refractivity contribution is -0.385. The Morgan fingerprint density at radius 1 is 1.25 bits per heavy atom. The summed E-state index contributed by atoms with van der Waals surface area (Å²) in [5.41, 5.74) is 7.05. The van der Waals surface area contributed by atoms with Crippen LogP contribution in [-0.2, 0) is 10.0 Å². The maximum atomic E-state index is 13.0. The number of nitrogens with two attached hydrogens (primary N) is 1. The highest BCUT2D eigenvalue weighted by molar-refractivity contribution is 7.89. The normalized spacial score (nSPS) is 26.9. The van der Waals surface area contributed by atoms with E-state index in [0.29, 0.717) is 30.1 Å². The van der Waals surface area contributed by atoms with Gasteiger partial charge in [-0.2, -0.15) is 4.31 Å². The number of aryl methyl sites for hydroxylation is 1. The first-order valence-corrected chi connectivity index (χ1v) is 9.17. The van der Waals surface area contributed by atoms with Gasteiger partial charge in [-0.05, 0) is 49.7 Å². The summed E-state index contributed by atoms with van der Waals surface area (Å²) in [6, 6.07) is 2.63. The zero-order chi connectivity index (χ0) is 16.9. The molecule has 3 rings (SSSR count). The molecule has 24 heavy (non-hydrogen) atoms. The molecular weight excluding hydrogens is 354 g/mol. The molecule has 9 heteroatoms. The molecule has 1 heterocycles. The second-order valence-electron chi connectivity index (χ2n) is 6.63. The van der Waals surface area contributed by atoms with Gasteiger partial charge in [-0.25, -0.2) is 8.42 Å². The third-order valence-corrected chi connectivity index (χ3v) is 7.27. The van der Waals surface area contributed by atoms with Crippen LogP contribution in [0.1, 0.15) is 24.0 Å². The largest absolute Gasteiger partial charge is 0.327 e. The number of fused-ring (bicyclic) bond motifs is 1. The molecule has 0 bridgehead atoms. The van der Waals surface area contributed by atoms with E-state index in [0.717, 1.165) is 12.8 Å². The van der Waals surface area contributed by atoms with Gasteiger partial charge in [-0.3, -0.25) is 10.1 Å². The summed E-state index contributed by atoms with van der Waals surface area (Å²) >= 11 is 0. The Hall–Kier alpha value is -1.22. The fourth-order valence-corrected chi connectivity index (χ4v) is 5.64. The number of nitrogens with zero attached hydrogens (tertiary/aromatic N) is 2. The maximum absolute atomic E-state index is 13.0. The second kappa shape index (κ2) is 6.59. The molecule has 1 saturated heterocycles. The molecule has 1 aromatic rings. The van der Waals surface area contributed by atoms with Crippen molar-refractivity contribution in [3.63, 3.8) is 0 Å². The van der Waals surface area contributed by atoms with Crippen molar-refractivity contribution >= 4 is 28.1 Å². The Kier molecular flexibility index (Phi) is 5.25. The molecule has 2 aliphatic rings. The summed E-state index contributed by atoms with van der Waals surface area (Å²) in [7, 11) is -3.74. The first-order valence-electron chi connectivity index (χ1n) is 7.73. The molecule has 3 unspecified atom stereocenters. The fourth-order valence-electron chi connectivity index (χ4n) is 3.78. The highest BCUT2D eigenvalue weighted by Crippen LogP contribution is 2.40. The van der Waals surface area contributed by atoms with E-state index >= 15 is 0 Å². The first-order chi connectivity index (χ1) is 10.7. The highest BCUT2D eigenvalue weighted by Gasteiger charge is 2.45. The Morgan fingerprint density at radius 3 is 2.50 bits per heavy atom. The topological polar surface area (TPSA) is 107 Å². The van der Waals surface area contributed by atoms with E-state index in [4.69, 9.17) is 5.73 Å². The van der Waals surface area contributed by atoms with Crippen LogP contribution in [-0.4, -0.2) is 36.8 Å². The minimum Gasteiger partial charge on any atom is -0.327 e. The number of benzene rings is 1. The summed E-state index contributed by atoms with van der Waals surface area (Å²) in [6.07, 6.45) is 1.89. The molecule has 0 amide bonds. The van der Waals surface area contributed by atoms with Gasteiger partial charge in [0.15, 0.2) is 0 Å². The average Bonchev–Trinajstić information content (AvgIpc) is 3.04. The fraction of sp³-hybridized carbons (Fsp3) is 0.600. The quantitative estimate of drug-likeness (QED) is 0.642. The van der Waals surface area contributed by atoms with Gasteiger partial charge in [0.1, 0.15) is 0 Å². The Bertz CT molecular complexity index is 768. The molecule has 134 valence electrons. The molecule has 3 atom stereocenters. The minimum absolute atomic E-state index is 0. The maximum Gasteiger partial charge on any atom is 0.271 e. The van der Waals surface area contributed by atoms with Gasteiger partial charge in [0.25, 0.3) is 5.69 Å². The van der Waals surface area contributed by atoms with Crippen LogP contribution in [0.3, 0.4) is 0 Å². The van der Waals surface area contributed by atoms with Crippen LogP contribution in [0, 0.1) is 35.8 Å². The standard InChI is InChI=1S/C15H21N3O4S.ClH/c1-9-5-12(18(19)20)6-15(10(9)2)23(21,22)17-7-11-3-4-14(16)13(11)8-17;/h5-6,11,13-14H,3-4,7-8,16H2,1-2H3;1H. The summed E-state index contributed by atoms with van der Waals surface area (Å²) in [5.74, 6) is 0.504. The number of nitro benzene ring substituents is 1. The summed E-state index contributed by atoms with van der Waals surface area (Å²) in [6.45, 7) is 4.25. The van der Waals surface area contributed by atoms with Crippen molar-refractivity contribution in [2.24, 2.45) is 17.6 Å². The molecule has 1 aliphatic carbocycles. The highest BCUT2D eigenvalue weighted by atomic mass is 35.5. The van der Waals surface area contributed by atoms with Crippen molar-refractivity contribution in [2.45, 2.75) is 37.6 Å². The summed E-state index contributed by atoms with van der Waals surface area (Å²) in [5, 5.41) is 11.0. The lowest BCUT2D eigenvalue weighted by Gasteiger charge is -2.20. The summed E-state index contributed by atoms with van der Waals surface area (Å²) in [4.78, 5) is 10.5. The molecule has 0 radical (unpaired) electrons. The van der Waals surface area contributed by atoms with Crippen LogP contribution >= 0.6 is 12.4 Å². The van der Waals surface area contributed by atoms with Gasteiger partial charge in [0.2, 0.25) is 10.0 Å². The molecule has 2 N–H and O–H groups in total. The second-order valence-corrected chi connectivity index (χ2v) is 8.54. The van der Waals surface area contributed by atoms with E-state index in [-0.39, 0.29) is 34.9 Å². The van der Waals surface area contributed by atoms with Crippen molar-refractivity contribution in [3.05, 3.63) is 33.4 Å². The third kappa shape index (κ3) is 3.03. The Balaban J connectivity index is 0.00000208. The molecule has 0 aromatic heterocycles. The van der Waals surface area contributed by atoms with E-state index < -0.39 is 14.9 Å². The zero-order valence-corrected chi connectivity index (χ0v) is 15.3. The van der Waals surface area contributed by atoms with Crippen molar-refractivity contribution in [1.82, 2.24) is 4.31 Å². The first kappa shape index (κ1) is 19.1. The van der Waals surface area contributed by atoms with Crippen molar-refractivity contribution in [2.75, 3.05) is 13.1 Å². The predicted octanol–water partition coefficient (Wildman–Crippen LogP) is 1.99. The van der Waals surface area contributed by atoms with E-state index in [1.54, 1.807) is 13.8 Å².